The molecule has 2 aliphatic carbocycles. The van der Waals surface area contributed by atoms with E-state index in [-0.39, 0.29) is 5.78 Å². The van der Waals surface area contributed by atoms with Crippen molar-refractivity contribution in [2.45, 2.75) is 44.9 Å². The lowest BCUT2D eigenvalue weighted by Gasteiger charge is -2.20. The highest BCUT2D eigenvalue weighted by Crippen LogP contribution is 2.42. The van der Waals surface area contributed by atoms with Crippen molar-refractivity contribution in [3.8, 4) is 16.9 Å². The van der Waals surface area contributed by atoms with E-state index in [1.54, 1.807) is 12.1 Å². The second kappa shape index (κ2) is 8.14. The van der Waals surface area contributed by atoms with E-state index in [0.29, 0.717) is 34.5 Å². The van der Waals surface area contributed by atoms with Crippen molar-refractivity contribution in [2.24, 2.45) is 5.92 Å². The minimum absolute atomic E-state index is 0.147. The molecule has 0 atom stereocenters. The number of hydrogen-bond donors (Lipinski definition) is 0. The van der Waals surface area contributed by atoms with Gasteiger partial charge >= 0.3 is 0 Å². The van der Waals surface area contributed by atoms with E-state index in [9.17, 15) is 4.79 Å². The van der Waals surface area contributed by atoms with Crippen LogP contribution in [0.25, 0.3) is 16.9 Å². The molecular formula is C24H21BrCl2N2O. The van der Waals surface area contributed by atoms with Crippen molar-refractivity contribution < 1.29 is 4.79 Å². The molecule has 6 heteroatoms. The predicted molar refractivity (Wildman–Crippen MR) is 125 cm³/mol. The van der Waals surface area contributed by atoms with Crippen molar-refractivity contribution in [3.05, 3.63) is 67.7 Å². The van der Waals surface area contributed by atoms with E-state index in [0.717, 1.165) is 39.8 Å². The minimum atomic E-state index is 0.147. The number of nitrogens with zero attached hydrogens (tertiary/aromatic N) is 2. The van der Waals surface area contributed by atoms with Crippen LogP contribution in [0.2, 0.25) is 10.0 Å². The number of ketones is 1. The molecule has 0 radical (unpaired) electrons. The van der Waals surface area contributed by atoms with Gasteiger partial charge in [-0.1, -0.05) is 77.3 Å². The number of carbonyl (C=O) groups excluding carboxylic acids is 1. The zero-order chi connectivity index (χ0) is 20.8. The van der Waals surface area contributed by atoms with Gasteiger partial charge in [0.2, 0.25) is 0 Å². The number of Topliss-reactive ketones (excluding diaryl/α,β-unsaturated/α-hetero) is 1. The second-order valence-corrected chi connectivity index (χ2v) is 10.1. The van der Waals surface area contributed by atoms with Gasteiger partial charge in [0.1, 0.15) is 5.69 Å². The number of rotatable bonds is 4. The Morgan fingerprint density at radius 2 is 1.90 bits per heavy atom. The second-order valence-electron chi connectivity index (χ2n) is 8.29. The molecule has 0 unspecified atom stereocenters. The van der Waals surface area contributed by atoms with Crippen LogP contribution < -0.4 is 0 Å². The predicted octanol–water partition coefficient (Wildman–Crippen LogP) is 7.67. The third-order valence-corrected chi connectivity index (χ3v) is 7.31. The third kappa shape index (κ3) is 3.63. The third-order valence-electron chi connectivity index (χ3n) is 6.27. The summed E-state index contributed by atoms with van der Waals surface area (Å²) in [6.07, 6.45) is 7.32. The molecule has 0 spiro atoms. The Kier molecular flexibility index (Phi) is 5.51. The molecule has 1 heterocycles. The van der Waals surface area contributed by atoms with Crippen LogP contribution >= 0.6 is 39.1 Å². The quantitative estimate of drug-likeness (QED) is 0.268. The Morgan fingerprint density at radius 1 is 1.10 bits per heavy atom. The fraction of sp³-hybridized carbons (Fsp3) is 0.333. The molecule has 0 bridgehead atoms. The summed E-state index contributed by atoms with van der Waals surface area (Å²) in [5.41, 5.74) is 5.60. The lowest BCUT2D eigenvalue weighted by atomic mass is 9.85. The van der Waals surface area contributed by atoms with Gasteiger partial charge in [-0.15, -0.1) is 0 Å². The summed E-state index contributed by atoms with van der Waals surface area (Å²) < 4.78 is 2.87. The molecule has 0 amide bonds. The molecule has 3 aromatic rings. The summed E-state index contributed by atoms with van der Waals surface area (Å²) >= 11 is 16.2. The molecule has 30 heavy (non-hydrogen) atoms. The summed E-state index contributed by atoms with van der Waals surface area (Å²) in [7, 11) is 0. The normalized spacial score (nSPS) is 15.8. The number of aromatic nitrogens is 2. The Bertz CT molecular complexity index is 1150. The molecule has 154 valence electrons. The van der Waals surface area contributed by atoms with Crippen molar-refractivity contribution >= 4 is 44.9 Å². The summed E-state index contributed by atoms with van der Waals surface area (Å²) in [6, 6.07) is 11.6. The number of benzene rings is 2. The Labute approximate surface area is 194 Å². The number of carbonyl (C=O) groups is 1. The average molecular weight is 504 g/mol. The largest absolute Gasteiger partial charge is 0.292 e. The molecule has 2 aliphatic rings. The summed E-state index contributed by atoms with van der Waals surface area (Å²) in [5, 5.41) is 5.90. The van der Waals surface area contributed by atoms with Crippen LogP contribution in [0.3, 0.4) is 0 Å². The molecule has 0 saturated heterocycles. The first-order valence-electron chi connectivity index (χ1n) is 10.4. The molecular weight excluding hydrogens is 483 g/mol. The topological polar surface area (TPSA) is 34.9 Å². The van der Waals surface area contributed by atoms with E-state index < -0.39 is 0 Å². The average Bonchev–Trinajstić information content (AvgIpc) is 3.25. The molecule has 1 saturated carbocycles. The maximum atomic E-state index is 13.3. The van der Waals surface area contributed by atoms with Gasteiger partial charge < -0.3 is 0 Å². The summed E-state index contributed by atoms with van der Waals surface area (Å²) in [6.45, 7) is 0. The van der Waals surface area contributed by atoms with Crippen LogP contribution in [0, 0.1) is 5.92 Å². The van der Waals surface area contributed by atoms with Crippen molar-refractivity contribution in [1.82, 2.24) is 9.78 Å². The molecule has 5 rings (SSSR count). The highest BCUT2D eigenvalue weighted by molar-refractivity contribution is 9.10. The van der Waals surface area contributed by atoms with Gasteiger partial charge in [0.25, 0.3) is 0 Å². The lowest BCUT2D eigenvalue weighted by molar-refractivity contribution is 0.0944. The summed E-state index contributed by atoms with van der Waals surface area (Å²) in [5.74, 6) is 0.623. The van der Waals surface area contributed by atoms with Gasteiger partial charge in [-0.25, -0.2) is 4.68 Å². The first-order valence-corrected chi connectivity index (χ1v) is 12.0. The van der Waals surface area contributed by atoms with Gasteiger partial charge in [-0.05, 0) is 41.8 Å². The maximum Gasteiger partial charge on any atom is 0.183 e. The van der Waals surface area contributed by atoms with Crippen LogP contribution in [-0.4, -0.2) is 15.6 Å². The molecule has 1 fully saturated rings. The fourth-order valence-corrected chi connectivity index (χ4v) is 5.72. The van der Waals surface area contributed by atoms with Gasteiger partial charge in [0, 0.05) is 33.5 Å². The standard InChI is InChI=1S/C24H21BrCl2N2O/c25-16-6-8-18-15(11-16)12-19-23(22(30)10-14-4-2-1-3-5-14)28-29(24(18)19)21-9-7-17(26)13-20(21)27/h6-9,11,13-14H,1-5,10,12H2. The Morgan fingerprint density at radius 3 is 2.67 bits per heavy atom. The maximum absolute atomic E-state index is 13.3. The zero-order valence-electron chi connectivity index (χ0n) is 16.4. The van der Waals surface area contributed by atoms with Crippen LogP contribution in [0.4, 0.5) is 0 Å². The Balaban J connectivity index is 1.61. The van der Waals surface area contributed by atoms with E-state index in [1.165, 1.54) is 24.8 Å². The minimum Gasteiger partial charge on any atom is -0.292 e. The number of fused-ring (bicyclic) bond motifs is 3. The highest BCUT2D eigenvalue weighted by Gasteiger charge is 2.32. The van der Waals surface area contributed by atoms with Crippen LogP contribution in [0.15, 0.2) is 40.9 Å². The van der Waals surface area contributed by atoms with Crippen LogP contribution in [0.1, 0.15) is 60.1 Å². The Hall–Kier alpha value is -1.62. The van der Waals surface area contributed by atoms with Crippen molar-refractivity contribution in [2.75, 3.05) is 0 Å². The van der Waals surface area contributed by atoms with E-state index in [1.807, 2.05) is 16.8 Å². The lowest BCUT2D eigenvalue weighted by Crippen LogP contribution is -2.14. The SMILES string of the molecule is O=C(CC1CCCCC1)c1nn(-c2ccc(Cl)cc2Cl)c2c1Cc1cc(Br)ccc1-2. The van der Waals surface area contributed by atoms with Gasteiger partial charge in [0.15, 0.2) is 5.78 Å². The fourth-order valence-electron chi connectivity index (χ4n) is 4.83. The summed E-state index contributed by atoms with van der Waals surface area (Å²) in [4.78, 5) is 13.3. The zero-order valence-corrected chi connectivity index (χ0v) is 19.5. The van der Waals surface area contributed by atoms with E-state index in [2.05, 4.69) is 28.1 Å². The van der Waals surface area contributed by atoms with Crippen LogP contribution in [0.5, 0.6) is 0 Å². The van der Waals surface area contributed by atoms with Crippen molar-refractivity contribution in [1.29, 1.82) is 0 Å². The molecule has 0 aliphatic heterocycles. The highest BCUT2D eigenvalue weighted by atomic mass is 79.9. The van der Waals surface area contributed by atoms with E-state index >= 15 is 0 Å². The van der Waals surface area contributed by atoms with Gasteiger partial charge in [0.05, 0.1) is 16.4 Å². The smallest absolute Gasteiger partial charge is 0.183 e. The first-order chi connectivity index (χ1) is 14.5. The van der Waals surface area contributed by atoms with Crippen molar-refractivity contribution in [3.63, 3.8) is 0 Å². The number of hydrogen-bond acceptors (Lipinski definition) is 2. The monoisotopic (exact) mass is 502 g/mol. The molecule has 0 N–H and O–H groups in total. The van der Waals surface area contributed by atoms with Crippen LogP contribution in [-0.2, 0) is 6.42 Å². The molecule has 1 aromatic heterocycles. The number of halogens is 3. The molecule has 2 aromatic carbocycles. The van der Waals surface area contributed by atoms with E-state index in [4.69, 9.17) is 28.3 Å². The molecule has 3 nitrogen and oxygen atoms in total. The van der Waals surface area contributed by atoms with Gasteiger partial charge in [-0.3, -0.25) is 4.79 Å². The first kappa shape index (κ1) is 20.3. The van der Waals surface area contributed by atoms with Gasteiger partial charge in [-0.2, -0.15) is 5.10 Å².